The van der Waals surface area contributed by atoms with Gasteiger partial charge in [-0.05, 0) is 29.0 Å². The fourth-order valence-corrected chi connectivity index (χ4v) is 2.13. The van der Waals surface area contributed by atoms with Crippen LogP contribution in [-0.2, 0) is 0 Å². The van der Waals surface area contributed by atoms with Gasteiger partial charge in [0.15, 0.2) is 0 Å². The van der Waals surface area contributed by atoms with Crippen LogP contribution in [0.2, 0.25) is 0 Å². The molecule has 16 heavy (non-hydrogen) atoms. The molecular formula is C15H11O. The zero-order valence-corrected chi connectivity index (χ0v) is 9.03. The van der Waals surface area contributed by atoms with Crippen LogP contribution in [0, 0.1) is 6.07 Å². The van der Waals surface area contributed by atoms with E-state index < -0.39 is 0 Å². The lowest BCUT2D eigenvalue weighted by atomic mass is 10.0. The van der Waals surface area contributed by atoms with Crippen molar-refractivity contribution >= 4 is 21.5 Å². The molecule has 0 saturated heterocycles. The second-order valence-electron chi connectivity index (χ2n) is 3.78. The molecule has 1 heteroatoms. The van der Waals surface area contributed by atoms with Crippen molar-refractivity contribution in [2.75, 3.05) is 7.11 Å². The van der Waals surface area contributed by atoms with Crippen LogP contribution in [0.1, 0.15) is 0 Å². The number of hydrogen-bond acceptors (Lipinski definition) is 1. The van der Waals surface area contributed by atoms with Gasteiger partial charge in [-0.2, -0.15) is 0 Å². The summed E-state index contributed by atoms with van der Waals surface area (Å²) in [5, 5.41) is 4.66. The zero-order valence-electron chi connectivity index (χ0n) is 9.03. The van der Waals surface area contributed by atoms with Gasteiger partial charge < -0.3 is 4.74 Å². The van der Waals surface area contributed by atoms with Gasteiger partial charge in [-0.1, -0.05) is 36.4 Å². The second-order valence-corrected chi connectivity index (χ2v) is 3.78. The largest absolute Gasteiger partial charge is 0.495 e. The first-order chi connectivity index (χ1) is 7.90. The highest BCUT2D eigenvalue weighted by Crippen LogP contribution is 2.34. The van der Waals surface area contributed by atoms with Crippen LogP contribution in [0.15, 0.2) is 48.5 Å². The van der Waals surface area contributed by atoms with Gasteiger partial charge in [-0.3, -0.25) is 0 Å². The maximum atomic E-state index is 5.53. The summed E-state index contributed by atoms with van der Waals surface area (Å²) >= 11 is 0. The number of rotatable bonds is 1. The van der Waals surface area contributed by atoms with Crippen LogP contribution in [-0.4, -0.2) is 7.11 Å². The summed E-state index contributed by atoms with van der Waals surface area (Å²) in [4.78, 5) is 0. The van der Waals surface area contributed by atoms with E-state index in [-0.39, 0.29) is 0 Å². The van der Waals surface area contributed by atoms with Crippen LogP contribution in [0.3, 0.4) is 0 Å². The van der Waals surface area contributed by atoms with Gasteiger partial charge in [0.2, 0.25) is 0 Å². The fourth-order valence-electron chi connectivity index (χ4n) is 2.13. The van der Waals surface area contributed by atoms with Crippen LogP contribution >= 0.6 is 0 Å². The second kappa shape index (κ2) is 3.53. The zero-order chi connectivity index (χ0) is 11.0. The van der Waals surface area contributed by atoms with E-state index in [0.717, 1.165) is 21.9 Å². The molecule has 0 fully saturated rings. The minimum atomic E-state index is 0.946. The minimum Gasteiger partial charge on any atom is -0.495 e. The highest BCUT2D eigenvalue weighted by Gasteiger charge is 2.06. The van der Waals surface area contributed by atoms with E-state index in [2.05, 4.69) is 24.3 Å². The summed E-state index contributed by atoms with van der Waals surface area (Å²) < 4.78 is 5.53. The Labute approximate surface area is 94.3 Å². The number of ether oxygens (including phenoxy) is 1. The van der Waals surface area contributed by atoms with Gasteiger partial charge in [0.25, 0.3) is 0 Å². The molecule has 0 aromatic heterocycles. The molecule has 0 heterocycles. The summed E-state index contributed by atoms with van der Waals surface area (Å²) in [6, 6.07) is 19.5. The lowest BCUT2D eigenvalue weighted by Crippen LogP contribution is -1.87. The van der Waals surface area contributed by atoms with Crippen molar-refractivity contribution < 1.29 is 4.74 Å². The molecule has 1 nitrogen and oxygen atoms in total. The summed E-state index contributed by atoms with van der Waals surface area (Å²) in [5.74, 6) is 0.946. The lowest BCUT2D eigenvalue weighted by Gasteiger charge is -2.09. The van der Waals surface area contributed by atoms with Gasteiger partial charge in [0, 0.05) is 10.8 Å². The highest BCUT2D eigenvalue weighted by atomic mass is 16.5. The first-order valence-electron chi connectivity index (χ1n) is 5.26. The number of hydrogen-bond donors (Lipinski definition) is 0. The molecule has 0 amide bonds. The van der Waals surface area contributed by atoms with E-state index in [1.807, 2.05) is 30.3 Å². The highest BCUT2D eigenvalue weighted by molar-refractivity contribution is 6.05. The molecule has 0 spiro atoms. The summed E-state index contributed by atoms with van der Waals surface area (Å²) in [7, 11) is 1.72. The SMILES string of the molecule is COc1c2cc[c]cc2cc2ccccc12. The normalized spacial score (nSPS) is 10.8. The number of benzene rings is 3. The lowest BCUT2D eigenvalue weighted by molar-refractivity contribution is 0.424. The Morgan fingerprint density at radius 2 is 1.81 bits per heavy atom. The van der Waals surface area contributed by atoms with Crippen LogP contribution in [0.25, 0.3) is 21.5 Å². The molecule has 0 atom stereocenters. The maximum absolute atomic E-state index is 5.53. The monoisotopic (exact) mass is 207 g/mol. The fraction of sp³-hybridized carbons (Fsp3) is 0.0667. The summed E-state index contributed by atoms with van der Waals surface area (Å²) in [5.41, 5.74) is 0. The Bertz CT molecular complexity index is 602. The van der Waals surface area contributed by atoms with Crippen LogP contribution in [0.4, 0.5) is 0 Å². The molecule has 0 saturated carbocycles. The molecule has 0 aliphatic carbocycles. The van der Waals surface area contributed by atoms with Crippen LogP contribution in [0.5, 0.6) is 5.75 Å². The molecule has 0 aliphatic rings. The van der Waals surface area contributed by atoms with Crippen molar-refractivity contribution in [2.45, 2.75) is 0 Å². The maximum Gasteiger partial charge on any atom is 0.134 e. The predicted octanol–water partition coefficient (Wildman–Crippen LogP) is 3.80. The van der Waals surface area contributed by atoms with Crippen molar-refractivity contribution in [1.29, 1.82) is 0 Å². The molecule has 3 aromatic rings. The number of methoxy groups -OCH3 is 1. The van der Waals surface area contributed by atoms with E-state index >= 15 is 0 Å². The third kappa shape index (κ3) is 1.25. The Kier molecular flexibility index (Phi) is 2.03. The molecule has 77 valence electrons. The molecule has 1 radical (unpaired) electrons. The summed E-state index contributed by atoms with van der Waals surface area (Å²) in [6.07, 6.45) is 0. The third-order valence-corrected chi connectivity index (χ3v) is 2.86. The van der Waals surface area contributed by atoms with E-state index in [1.165, 1.54) is 5.39 Å². The number of fused-ring (bicyclic) bond motifs is 2. The van der Waals surface area contributed by atoms with Gasteiger partial charge >= 0.3 is 0 Å². The minimum absolute atomic E-state index is 0.946. The first-order valence-corrected chi connectivity index (χ1v) is 5.26. The Hall–Kier alpha value is -2.02. The Balaban J connectivity index is 2.56. The molecule has 0 N–H and O–H groups in total. The molecular weight excluding hydrogens is 196 g/mol. The summed E-state index contributed by atoms with van der Waals surface area (Å²) in [6.45, 7) is 0. The van der Waals surface area contributed by atoms with E-state index in [4.69, 9.17) is 4.74 Å². The smallest absolute Gasteiger partial charge is 0.134 e. The predicted molar refractivity (Wildman–Crippen MR) is 66.8 cm³/mol. The van der Waals surface area contributed by atoms with Gasteiger partial charge in [-0.25, -0.2) is 0 Å². The molecule has 0 unspecified atom stereocenters. The molecule has 0 aliphatic heterocycles. The van der Waals surface area contributed by atoms with E-state index in [0.29, 0.717) is 0 Å². The topological polar surface area (TPSA) is 9.23 Å². The average molecular weight is 207 g/mol. The molecule has 0 bridgehead atoms. The Morgan fingerprint density at radius 3 is 2.69 bits per heavy atom. The van der Waals surface area contributed by atoms with Crippen molar-refractivity contribution in [3.8, 4) is 5.75 Å². The van der Waals surface area contributed by atoms with Gasteiger partial charge in [-0.15, -0.1) is 0 Å². The molecule has 3 rings (SSSR count). The van der Waals surface area contributed by atoms with Crippen molar-refractivity contribution in [2.24, 2.45) is 0 Å². The van der Waals surface area contributed by atoms with Crippen LogP contribution < -0.4 is 4.74 Å². The first kappa shape index (κ1) is 9.22. The average Bonchev–Trinajstić information content (AvgIpc) is 2.36. The van der Waals surface area contributed by atoms with Crippen molar-refractivity contribution in [3.05, 3.63) is 54.6 Å². The van der Waals surface area contributed by atoms with E-state index in [1.54, 1.807) is 7.11 Å². The van der Waals surface area contributed by atoms with Crippen molar-refractivity contribution in [1.82, 2.24) is 0 Å². The van der Waals surface area contributed by atoms with Gasteiger partial charge in [0.05, 0.1) is 7.11 Å². The standard InChI is InChI=1S/C15H11O/c1-16-15-13-8-4-2-6-11(13)10-12-7-3-5-9-14(12)15/h2,4-10H,1H3. The molecule has 3 aromatic carbocycles. The third-order valence-electron chi connectivity index (χ3n) is 2.86. The van der Waals surface area contributed by atoms with Crippen molar-refractivity contribution in [3.63, 3.8) is 0 Å². The van der Waals surface area contributed by atoms with E-state index in [9.17, 15) is 0 Å². The van der Waals surface area contributed by atoms with Gasteiger partial charge in [0.1, 0.15) is 5.75 Å². The quantitative estimate of drug-likeness (QED) is 0.551. The Morgan fingerprint density at radius 1 is 1.00 bits per heavy atom.